The Kier molecular flexibility index (Phi) is 5.96. The van der Waals surface area contributed by atoms with E-state index in [1.165, 1.54) is 12.8 Å². The van der Waals surface area contributed by atoms with E-state index in [1.54, 1.807) is 0 Å². The maximum Gasteiger partial charge on any atom is 0.389 e. The molecule has 0 amide bonds. The molecule has 108 valence electrons. The van der Waals surface area contributed by atoms with Crippen LogP contribution in [0.5, 0.6) is 0 Å². The van der Waals surface area contributed by atoms with Crippen molar-refractivity contribution in [1.29, 1.82) is 0 Å². The standard InChI is InChI=1S/C14H26F3N/c1-3-11-18-12(7-10-14(15,16)17)13(4-2)8-5-6-9-13/h12,18H,3-11H2,1-2H3. The first kappa shape index (κ1) is 15.8. The van der Waals surface area contributed by atoms with Crippen molar-refractivity contribution >= 4 is 0 Å². The topological polar surface area (TPSA) is 12.0 Å². The highest BCUT2D eigenvalue weighted by molar-refractivity contribution is 4.94. The van der Waals surface area contributed by atoms with Crippen molar-refractivity contribution < 1.29 is 13.2 Å². The smallest absolute Gasteiger partial charge is 0.313 e. The molecule has 1 N–H and O–H groups in total. The van der Waals surface area contributed by atoms with Crippen LogP contribution in [0.1, 0.15) is 65.2 Å². The van der Waals surface area contributed by atoms with E-state index in [4.69, 9.17) is 0 Å². The minimum Gasteiger partial charge on any atom is -0.313 e. The van der Waals surface area contributed by atoms with E-state index in [1.807, 2.05) is 0 Å². The predicted molar refractivity (Wildman–Crippen MR) is 68.6 cm³/mol. The molecule has 1 nitrogen and oxygen atoms in total. The fraction of sp³-hybridized carbons (Fsp3) is 1.00. The van der Waals surface area contributed by atoms with Crippen LogP contribution in [-0.2, 0) is 0 Å². The third kappa shape index (κ3) is 4.45. The lowest BCUT2D eigenvalue weighted by Gasteiger charge is -2.38. The highest BCUT2D eigenvalue weighted by atomic mass is 19.4. The molecule has 1 aliphatic rings. The van der Waals surface area contributed by atoms with Gasteiger partial charge in [0, 0.05) is 12.5 Å². The zero-order valence-electron chi connectivity index (χ0n) is 11.6. The van der Waals surface area contributed by atoms with Crippen LogP contribution in [0.2, 0.25) is 0 Å². The first-order chi connectivity index (χ1) is 8.43. The van der Waals surface area contributed by atoms with E-state index in [-0.39, 0.29) is 17.9 Å². The molecule has 0 spiro atoms. The van der Waals surface area contributed by atoms with Gasteiger partial charge in [0.2, 0.25) is 0 Å². The van der Waals surface area contributed by atoms with Crippen molar-refractivity contribution in [2.45, 2.75) is 77.4 Å². The van der Waals surface area contributed by atoms with E-state index in [9.17, 15) is 13.2 Å². The van der Waals surface area contributed by atoms with Gasteiger partial charge in [-0.2, -0.15) is 13.2 Å². The quantitative estimate of drug-likeness (QED) is 0.705. The molecule has 0 bridgehead atoms. The van der Waals surface area contributed by atoms with Crippen molar-refractivity contribution in [2.75, 3.05) is 6.54 Å². The molecule has 0 aromatic rings. The van der Waals surface area contributed by atoms with Crippen LogP contribution < -0.4 is 5.32 Å². The van der Waals surface area contributed by atoms with E-state index in [0.717, 1.165) is 32.2 Å². The maximum atomic E-state index is 12.4. The lowest BCUT2D eigenvalue weighted by molar-refractivity contribution is -0.138. The average molecular weight is 265 g/mol. The molecule has 1 fully saturated rings. The molecule has 1 rings (SSSR count). The van der Waals surface area contributed by atoms with Crippen LogP contribution in [0.3, 0.4) is 0 Å². The van der Waals surface area contributed by atoms with Crippen LogP contribution in [-0.4, -0.2) is 18.8 Å². The molecule has 1 atom stereocenters. The molecule has 0 aliphatic heterocycles. The molecule has 0 saturated heterocycles. The van der Waals surface area contributed by atoms with Gasteiger partial charge in [0.25, 0.3) is 0 Å². The van der Waals surface area contributed by atoms with Gasteiger partial charge in [-0.05, 0) is 44.1 Å². The molecule has 1 unspecified atom stereocenters. The Morgan fingerprint density at radius 3 is 2.22 bits per heavy atom. The lowest BCUT2D eigenvalue weighted by atomic mass is 9.74. The number of nitrogens with one attached hydrogen (secondary N) is 1. The first-order valence-electron chi connectivity index (χ1n) is 7.23. The molecule has 0 heterocycles. The van der Waals surface area contributed by atoms with Gasteiger partial charge < -0.3 is 5.32 Å². The number of alkyl halides is 3. The highest BCUT2D eigenvalue weighted by Gasteiger charge is 2.41. The number of rotatable bonds is 7. The third-order valence-corrected chi connectivity index (χ3v) is 4.40. The summed E-state index contributed by atoms with van der Waals surface area (Å²) < 4.78 is 37.3. The first-order valence-corrected chi connectivity index (χ1v) is 7.23. The Hall–Kier alpha value is -0.250. The van der Waals surface area contributed by atoms with Gasteiger partial charge in [-0.25, -0.2) is 0 Å². The van der Waals surface area contributed by atoms with Crippen LogP contribution in [0, 0.1) is 5.41 Å². The van der Waals surface area contributed by atoms with E-state index in [2.05, 4.69) is 19.2 Å². The number of hydrogen-bond donors (Lipinski definition) is 1. The minimum absolute atomic E-state index is 0.0339. The van der Waals surface area contributed by atoms with Gasteiger partial charge in [0.15, 0.2) is 0 Å². The van der Waals surface area contributed by atoms with Gasteiger partial charge in [-0.15, -0.1) is 0 Å². The summed E-state index contributed by atoms with van der Waals surface area (Å²) >= 11 is 0. The van der Waals surface area contributed by atoms with Crippen molar-refractivity contribution in [3.8, 4) is 0 Å². The van der Waals surface area contributed by atoms with Crippen molar-refractivity contribution in [3.05, 3.63) is 0 Å². The van der Waals surface area contributed by atoms with Crippen molar-refractivity contribution in [3.63, 3.8) is 0 Å². The molecule has 1 aliphatic carbocycles. The average Bonchev–Trinajstić information content (AvgIpc) is 2.77. The fourth-order valence-electron chi connectivity index (χ4n) is 3.28. The highest BCUT2D eigenvalue weighted by Crippen LogP contribution is 2.45. The van der Waals surface area contributed by atoms with Crippen LogP contribution in [0.15, 0.2) is 0 Å². The van der Waals surface area contributed by atoms with Gasteiger partial charge in [-0.1, -0.05) is 26.7 Å². The van der Waals surface area contributed by atoms with Crippen LogP contribution in [0.25, 0.3) is 0 Å². The van der Waals surface area contributed by atoms with E-state index < -0.39 is 12.6 Å². The third-order valence-electron chi connectivity index (χ3n) is 4.40. The number of hydrogen-bond acceptors (Lipinski definition) is 1. The Morgan fingerprint density at radius 2 is 1.78 bits per heavy atom. The monoisotopic (exact) mass is 265 g/mol. The molecule has 0 radical (unpaired) electrons. The predicted octanol–water partition coefficient (Wildman–Crippen LogP) is 4.67. The summed E-state index contributed by atoms with van der Waals surface area (Å²) in [6.07, 6.45) is 2.03. The minimum atomic E-state index is -4.03. The van der Waals surface area contributed by atoms with Crippen molar-refractivity contribution in [2.24, 2.45) is 5.41 Å². The second-order valence-electron chi connectivity index (χ2n) is 5.58. The normalized spacial score (nSPS) is 21.2. The number of halogens is 3. The molecular weight excluding hydrogens is 239 g/mol. The summed E-state index contributed by atoms with van der Waals surface area (Å²) in [7, 11) is 0. The largest absolute Gasteiger partial charge is 0.389 e. The van der Waals surface area contributed by atoms with Crippen molar-refractivity contribution in [1.82, 2.24) is 5.32 Å². The second kappa shape index (κ2) is 6.78. The van der Waals surface area contributed by atoms with Gasteiger partial charge in [0.1, 0.15) is 0 Å². The van der Waals surface area contributed by atoms with Gasteiger partial charge >= 0.3 is 6.18 Å². The van der Waals surface area contributed by atoms with Crippen LogP contribution in [0.4, 0.5) is 13.2 Å². The Bertz CT molecular complexity index is 232. The Balaban J connectivity index is 2.63. The lowest BCUT2D eigenvalue weighted by Crippen LogP contribution is -2.44. The molecule has 18 heavy (non-hydrogen) atoms. The summed E-state index contributed by atoms with van der Waals surface area (Å²) in [5, 5.41) is 3.38. The zero-order valence-corrected chi connectivity index (χ0v) is 11.6. The zero-order chi connectivity index (χ0) is 13.6. The Labute approximate surface area is 109 Å². The molecule has 0 aromatic carbocycles. The van der Waals surface area contributed by atoms with Crippen LogP contribution >= 0.6 is 0 Å². The summed E-state index contributed by atoms with van der Waals surface area (Å²) in [4.78, 5) is 0. The fourth-order valence-corrected chi connectivity index (χ4v) is 3.28. The van der Waals surface area contributed by atoms with Gasteiger partial charge in [0.05, 0.1) is 0 Å². The summed E-state index contributed by atoms with van der Waals surface area (Å²) in [6.45, 7) is 5.00. The molecule has 1 saturated carbocycles. The Morgan fingerprint density at radius 1 is 1.17 bits per heavy atom. The maximum absolute atomic E-state index is 12.4. The summed E-state index contributed by atoms with van der Waals surface area (Å²) in [5.41, 5.74) is 0.112. The molecular formula is C14H26F3N. The molecule has 4 heteroatoms. The molecule has 0 aromatic heterocycles. The second-order valence-corrected chi connectivity index (χ2v) is 5.58. The SMILES string of the molecule is CCCNC(CCC(F)(F)F)C1(CC)CCCC1. The van der Waals surface area contributed by atoms with E-state index >= 15 is 0 Å². The van der Waals surface area contributed by atoms with Gasteiger partial charge in [-0.3, -0.25) is 0 Å². The summed E-state index contributed by atoms with van der Waals surface area (Å²) in [6, 6.07) is 0.0339. The summed E-state index contributed by atoms with van der Waals surface area (Å²) in [5.74, 6) is 0. The van der Waals surface area contributed by atoms with E-state index in [0.29, 0.717) is 0 Å².